The largest absolute Gasteiger partial charge is 0.573 e. The van der Waals surface area contributed by atoms with Gasteiger partial charge >= 0.3 is 12.4 Å². The van der Waals surface area contributed by atoms with Crippen molar-refractivity contribution in [3.8, 4) is 5.75 Å². The lowest BCUT2D eigenvalue weighted by Crippen LogP contribution is -2.56. The molecule has 1 aliphatic heterocycles. The Kier molecular flexibility index (Phi) is 6.89. The third kappa shape index (κ3) is 5.88. The Morgan fingerprint density at radius 1 is 0.875 bits per heavy atom. The van der Waals surface area contributed by atoms with E-state index in [-0.39, 0.29) is 31.1 Å². The average Bonchev–Trinajstić information content (AvgIpc) is 2.77. The van der Waals surface area contributed by atoms with Gasteiger partial charge in [-0.2, -0.15) is 4.31 Å². The summed E-state index contributed by atoms with van der Waals surface area (Å²) >= 11 is 0. The summed E-state index contributed by atoms with van der Waals surface area (Å²) in [6.45, 7) is 0.0649. The minimum Gasteiger partial charge on any atom is -0.406 e. The maximum absolute atomic E-state index is 12.7. The van der Waals surface area contributed by atoms with Crippen LogP contribution in [0.5, 0.6) is 5.75 Å². The van der Waals surface area contributed by atoms with Crippen molar-refractivity contribution in [2.45, 2.75) is 11.3 Å². The molecule has 2 N–H and O–H groups in total. The number of hydrogen-bond donors (Lipinski definition) is 2. The Bertz CT molecular complexity index is 1050. The first-order chi connectivity index (χ1) is 15.1. The van der Waals surface area contributed by atoms with Crippen LogP contribution in [0, 0.1) is 0 Å². The summed E-state index contributed by atoms with van der Waals surface area (Å²) in [6.07, 6.45) is -4.88. The predicted octanol–water partition coefficient (Wildman–Crippen LogP) is 1.95. The number of amides is 3. The summed E-state index contributed by atoms with van der Waals surface area (Å²) < 4.78 is 67.0. The van der Waals surface area contributed by atoms with Gasteiger partial charge in [-0.05, 0) is 36.4 Å². The number of sulfonamides is 1. The van der Waals surface area contributed by atoms with Crippen molar-refractivity contribution in [1.82, 2.24) is 20.1 Å². The van der Waals surface area contributed by atoms with E-state index in [1.807, 2.05) is 0 Å². The first kappa shape index (κ1) is 23.3. The SMILES string of the molecule is O=C(NNC(=O)N1CCN(S(=O)(=O)c2ccc(OC(F)(F)F)cc2)CC1)c1ccccc1. The van der Waals surface area contributed by atoms with Crippen molar-refractivity contribution in [2.24, 2.45) is 0 Å². The molecule has 13 heteroatoms. The molecule has 3 rings (SSSR count). The molecule has 1 fully saturated rings. The van der Waals surface area contributed by atoms with Crippen LogP contribution >= 0.6 is 0 Å². The molecule has 1 aliphatic rings. The molecule has 0 aliphatic carbocycles. The molecule has 0 unspecified atom stereocenters. The highest BCUT2D eigenvalue weighted by Gasteiger charge is 2.32. The van der Waals surface area contributed by atoms with Gasteiger partial charge in [0.2, 0.25) is 10.0 Å². The van der Waals surface area contributed by atoms with Gasteiger partial charge in [0.15, 0.2) is 0 Å². The molecule has 0 saturated carbocycles. The summed E-state index contributed by atoms with van der Waals surface area (Å²) in [5.41, 5.74) is 4.91. The van der Waals surface area contributed by atoms with Crippen LogP contribution in [0.3, 0.4) is 0 Å². The molecule has 2 aromatic rings. The molecule has 2 aromatic carbocycles. The van der Waals surface area contributed by atoms with Crippen LogP contribution < -0.4 is 15.6 Å². The van der Waals surface area contributed by atoms with Crippen LogP contribution in [0.2, 0.25) is 0 Å². The number of halogens is 3. The second-order valence-electron chi connectivity index (χ2n) is 6.66. The zero-order valence-electron chi connectivity index (χ0n) is 16.5. The molecular weight excluding hydrogens is 453 g/mol. The molecule has 3 amide bonds. The zero-order chi connectivity index (χ0) is 23.4. The molecular formula is C19H19F3N4O5S. The van der Waals surface area contributed by atoms with Gasteiger partial charge in [-0.25, -0.2) is 18.6 Å². The highest BCUT2D eigenvalue weighted by atomic mass is 32.2. The lowest BCUT2D eigenvalue weighted by atomic mass is 10.2. The number of carbonyl (C=O) groups excluding carboxylic acids is 2. The first-order valence-corrected chi connectivity index (χ1v) is 10.8. The van der Waals surface area contributed by atoms with Crippen LogP contribution in [-0.4, -0.2) is 62.1 Å². The smallest absolute Gasteiger partial charge is 0.406 e. The minimum absolute atomic E-state index is 0.0246. The number of nitrogens with one attached hydrogen (secondary N) is 2. The Balaban J connectivity index is 1.53. The Labute approximate surface area is 181 Å². The minimum atomic E-state index is -4.88. The van der Waals surface area contributed by atoms with Gasteiger partial charge in [0.1, 0.15) is 5.75 Å². The third-order valence-corrected chi connectivity index (χ3v) is 6.45. The van der Waals surface area contributed by atoms with Gasteiger partial charge in [-0.3, -0.25) is 10.2 Å². The molecule has 1 heterocycles. The van der Waals surface area contributed by atoms with Crippen LogP contribution in [0.4, 0.5) is 18.0 Å². The van der Waals surface area contributed by atoms with E-state index in [0.29, 0.717) is 5.56 Å². The second kappa shape index (κ2) is 9.44. The average molecular weight is 472 g/mol. The number of hydrogen-bond acceptors (Lipinski definition) is 5. The number of benzene rings is 2. The summed E-state index contributed by atoms with van der Waals surface area (Å²) in [5, 5.41) is 0. The third-order valence-electron chi connectivity index (χ3n) is 4.54. The number of carbonyl (C=O) groups is 2. The van der Waals surface area contributed by atoms with Crippen LogP contribution in [0.15, 0.2) is 59.5 Å². The fourth-order valence-corrected chi connectivity index (χ4v) is 4.37. The van der Waals surface area contributed by atoms with E-state index in [9.17, 15) is 31.2 Å². The highest BCUT2D eigenvalue weighted by molar-refractivity contribution is 7.89. The van der Waals surface area contributed by atoms with Crippen LogP contribution in [0.1, 0.15) is 10.4 Å². The Hall–Kier alpha value is -3.32. The van der Waals surface area contributed by atoms with Crippen molar-refractivity contribution < 1.29 is 35.9 Å². The van der Waals surface area contributed by atoms with Crippen molar-refractivity contribution in [3.05, 3.63) is 60.2 Å². The zero-order valence-corrected chi connectivity index (χ0v) is 17.3. The molecule has 172 valence electrons. The quantitative estimate of drug-likeness (QED) is 0.662. The highest BCUT2D eigenvalue weighted by Crippen LogP contribution is 2.25. The topological polar surface area (TPSA) is 108 Å². The van der Waals surface area contributed by atoms with Gasteiger partial charge in [0, 0.05) is 31.7 Å². The van der Waals surface area contributed by atoms with E-state index in [2.05, 4.69) is 15.6 Å². The molecule has 1 saturated heterocycles. The number of piperazine rings is 1. The molecule has 0 atom stereocenters. The summed E-state index contributed by atoms with van der Waals surface area (Å²) in [4.78, 5) is 25.3. The number of rotatable bonds is 4. The van der Waals surface area contributed by atoms with Crippen molar-refractivity contribution >= 4 is 22.0 Å². The van der Waals surface area contributed by atoms with Gasteiger partial charge < -0.3 is 9.64 Å². The number of alkyl halides is 3. The van der Waals surface area contributed by atoms with E-state index in [1.165, 1.54) is 4.90 Å². The van der Waals surface area contributed by atoms with E-state index in [4.69, 9.17) is 0 Å². The molecule has 32 heavy (non-hydrogen) atoms. The molecule has 0 aromatic heterocycles. The second-order valence-corrected chi connectivity index (χ2v) is 8.60. The van der Waals surface area contributed by atoms with Crippen LogP contribution in [-0.2, 0) is 10.0 Å². The normalized spacial score (nSPS) is 15.2. The van der Waals surface area contributed by atoms with Crippen LogP contribution in [0.25, 0.3) is 0 Å². The maximum Gasteiger partial charge on any atom is 0.573 e. The first-order valence-electron chi connectivity index (χ1n) is 9.32. The summed E-state index contributed by atoms with van der Waals surface area (Å²) in [6, 6.07) is 11.5. The maximum atomic E-state index is 12.7. The molecule has 0 radical (unpaired) electrons. The van der Waals surface area contributed by atoms with E-state index < -0.39 is 34.1 Å². The lowest BCUT2D eigenvalue weighted by molar-refractivity contribution is -0.274. The number of urea groups is 1. The van der Waals surface area contributed by atoms with E-state index in [0.717, 1.165) is 28.6 Å². The summed E-state index contributed by atoms with van der Waals surface area (Å²) in [7, 11) is -3.96. The number of nitrogens with zero attached hydrogens (tertiary/aromatic N) is 2. The molecule has 0 spiro atoms. The number of hydrazine groups is 1. The van der Waals surface area contributed by atoms with Crippen molar-refractivity contribution in [1.29, 1.82) is 0 Å². The van der Waals surface area contributed by atoms with Gasteiger partial charge in [0.25, 0.3) is 5.91 Å². The van der Waals surface area contributed by atoms with Crippen molar-refractivity contribution in [2.75, 3.05) is 26.2 Å². The van der Waals surface area contributed by atoms with Gasteiger partial charge in [-0.15, -0.1) is 13.2 Å². The number of ether oxygens (including phenoxy) is 1. The predicted molar refractivity (Wildman–Crippen MR) is 106 cm³/mol. The van der Waals surface area contributed by atoms with E-state index >= 15 is 0 Å². The Morgan fingerprint density at radius 3 is 2.03 bits per heavy atom. The molecule has 0 bridgehead atoms. The summed E-state index contributed by atoms with van der Waals surface area (Å²) in [5.74, 6) is -1.03. The fourth-order valence-electron chi connectivity index (χ4n) is 2.94. The van der Waals surface area contributed by atoms with Gasteiger partial charge in [-0.1, -0.05) is 18.2 Å². The standard InChI is InChI=1S/C19H19F3N4O5S/c20-19(21,22)31-15-6-8-16(9-7-15)32(29,30)26-12-10-25(11-13-26)18(28)24-23-17(27)14-4-2-1-3-5-14/h1-9H,10-13H2,(H,23,27)(H,24,28). The fraction of sp³-hybridized carbons (Fsp3) is 0.263. The molecule has 9 nitrogen and oxygen atoms in total. The van der Waals surface area contributed by atoms with Gasteiger partial charge in [0.05, 0.1) is 4.90 Å². The monoisotopic (exact) mass is 472 g/mol. The lowest BCUT2D eigenvalue weighted by Gasteiger charge is -2.33. The van der Waals surface area contributed by atoms with Crippen molar-refractivity contribution in [3.63, 3.8) is 0 Å². The van der Waals surface area contributed by atoms with E-state index in [1.54, 1.807) is 30.3 Å². The Morgan fingerprint density at radius 2 is 1.47 bits per heavy atom.